The molecule has 0 radical (unpaired) electrons. The van der Waals surface area contributed by atoms with Crippen molar-refractivity contribution >= 4 is 27.8 Å². The van der Waals surface area contributed by atoms with Gasteiger partial charge in [-0.3, -0.25) is 9.48 Å². The van der Waals surface area contributed by atoms with Crippen LogP contribution in [-0.2, 0) is 11.3 Å². The highest BCUT2D eigenvalue weighted by molar-refractivity contribution is 6.04. The van der Waals surface area contributed by atoms with Gasteiger partial charge in [-0.15, -0.1) is 0 Å². The molecule has 2 unspecified atom stereocenters. The van der Waals surface area contributed by atoms with Crippen molar-refractivity contribution in [3.63, 3.8) is 0 Å². The number of hydrogen-bond donors (Lipinski definition) is 2. The van der Waals surface area contributed by atoms with Crippen molar-refractivity contribution < 1.29 is 9.21 Å². The van der Waals surface area contributed by atoms with Crippen molar-refractivity contribution in [2.75, 3.05) is 0 Å². The molecule has 0 fully saturated rings. The maximum atomic E-state index is 11.3. The average molecular weight is 286 g/mol. The summed E-state index contributed by atoms with van der Waals surface area (Å²) in [5.41, 5.74) is 12.9. The zero-order chi connectivity index (χ0) is 15.1. The van der Waals surface area contributed by atoms with Gasteiger partial charge in [-0.05, 0) is 32.0 Å². The molecule has 0 aliphatic heterocycles. The minimum absolute atomic E-state index is 0.000675. The third-order valence-corrected chi connectivity index (χ3v) is 3.63. The minimum Gasteiger partial charge on any atom is -0.460 e. The van der Waals surface area contributed by atoms with Gasteiger partial charge in [0.15, 0.2) is 0 Å². The molecule has 2 heterocycles. The number of hydrogen-bond acceptors (Lipinski definition) is 4. The van der Waals surface area contributed by atoms with Crippen LogP contribution in [0.15, 0.2) is 28.8 Å². The van der Waals surface area contributed by atoms with Gasteiger partial charge in [-0.25, -0.2) is 0 Å². The Balaban J connectivity index is 2.21. The van der Waals surface area contributed by atoms with Crippen LogP contribution in [0.25, 0.3) is 21.9 Å². The third-order valence-electron chi connectivity index (χ3n) is 3.63. The lowest BCUT2D eigenvalue weighted by atomic mass is 10.1. The second kappa shape index (κ2) is 4.89. The summed E-state index contributed by atoms with van der Waals surface area (Å²) in [5, 5.41) is 6.32. The van der Waals surface area contributed by atoms with E-state index in [0.717, 1.165) is 21.9 Å². The summed E-state index contributed by atoms with van der Waals surface area (Å²) >= 11 is 0. The Bertz CT molecular complexity index is 816. The lowest BCUT2D eigenvalue weighted by Gasteiger charge is -2.06. The molecule has 110 valence electrons. The molecule has 0 saturated heterocycles. The van der Waals surface area contributed by atoms with Gasteiger partial charge in [0.1, 0.15) is 11.3 Å². The molecule has 0 aliphatic rings. The van der Waals surface area contributed by atoms with Crippen molar-refractivity contribution in [2.45, 2.75) is 32.4 Å². The Hall–Kier alpha value is -2.34. The maximum absolute atomic E-state index is 11.3. The van der Waals surface area contributed by atoms with E-state index in [1.165, 1.54) is 0 Å². The van der Waals surface area contributed by atoms with Gasteiger partial charge in [0.2, 0.25) is 5.91 Å². The summed E-state index contributed by atoms with van der Waals surface area (Å²) in [7, 11) is 0. The molecular weight excluding hydrogens is 268 g/mol. The van der Waals surface area contributed by atoms with Crippen LogP contribution in [0.2, 0.25) is 0 Å². The Morgan fingerprint density at radius 1 is 1.43 bits per heavy atom. The van der Waals surface area contributed by atoms with Gasteiger partial charge in [-0.1, -0.05) is 0 Å². The number of fused-ring (bicyclic) bond motifs is 3. The summed E-state index contributed by atoms with van der Waals surface area (Å²) in [4.78, 5) is 11.3. The lowest BCUT2D eigenvalue weighted by Crippen LogP contribution is -2.22. The number of benzene rings is 1. The molecule has 0 saturated carbocycles. The van der Waals surface area contributed by atoms with E-state index in [2.05, 4.69) is 5.10 Å². The van der Waals surface area contributed by atoms with Gasteiger partial charge in [-0.2, -0.15) is 5.10 Å². The van der Waals surface area contributed by atoms with Gasteiger partial charge in [0.05, 0.1) is 24.2 Å². The van der Waals surface area contributed by atoms with Gasteiger partial charge < -0.3 is 15.9 Å². The molecule has 0 spiro atoms. The highest BCUT2D eigenvalue weighted by Crippen LogP contribution is 2.31. The van der Waals surface area contributed by atoms with Crippen LogP contribution in [0.5, 0.6) is 0 Å². The first-order valence-electron chi connectivity index (χ1n) is 6.90. The molecule has 4 N–H and O–H groups in total. The van der Waals surface area contributed by atoms with E-state index in [1.54, 1.807) is 13.1 Å². The molecular formula is C15H18N4O2. The van der Waals surface area contributed by atoms with E-state index in [0.29, 0.717) is 12.3 Å². The van der Waals surface area contributed by atoms with E-state index in [1.807, 2.05) is 29.8 Å². The van der Waals surface area contributed by atoms with Crippen LogP contribution in [0.4, 0.5) is 0 Å². The second-order valence-corrected chi connectivity index (χ2v) is 5.49. The quantitative estimate of drug-likeness (QED) is 0.762. The van der Waals surface area contributed by atoms with Crippen LogP contribution in [0, 0.1) is 0 Å². The molecule has 1 amide bonds. The first-order chi connectivity index (χ1) is 9.97. The highest BCUT2D eigenvalue weighted by atomic mass is 16.3. The van der Waals surface area contributed by atoms with Crippen LogP contribution < -0.4 is 11.5 Å². The largest absolute Gasteiger partial charge is 0.460 e. The number of furan rings is 1. The minimum atomic E-state index is -0.461. The SMILES string of the molecule is CC(N)Cn1ncc2ccc3oc(C(C)C(N)=O)cc3c21. The molecule has 21 heavy (non-hydrogen) atoms. The Labute approximate surface area is 121 Å². The molecule has 2 aromatic heterocycles. The molecule has 0 aliphatic carbocycles. The number of carbonyl (C=O) groups excluding carboxylic acids is 1. The Morgan fingerprint density at radius 3 is 2.86 bits per heavy atom. The number of amides is 1. The van der Waals surface area contributed by atoms with E-state index < -0.39 is 11.8 Å². The van der Waals surface area contributed by atoms with Crippen LogP contribution >= 0.6 is 0 Å². The predicted molar refractivity (Wildman–Crippen MR) is 80.8 cm³/mol. The van der Waals surface area contributed by atoms with Gasteiger partial charge in [0.25, 0.3) is 0 Å². The highest BCUT2D eigenvalue weighted by Gasteiger charge is 2.19. The van der Waals surface area contributed by atoms with E-state index in [9.17, 15) is 4.79 Å². The number of rotatable bonds is 4. The number of carbonyl (C=O) groups is 1. The van der Waals surface area contributed by atoms with E-state index in [-0.39, 0.29) is 6.04 Å². The average Bonchev–Trinajstić information content (AvgIpc) is 3.00. The smallest absolute Gasteiger partial charge is 0.227 e. The van der Waals surface area contributed by atoms with Crippen molar-refractivity contribution in [2.24, 2.45) is 11.5 Å². The monoisotopic (exact) mass is 286 g/mol. The predicted octanol–water partition coefficient (Wildman–Crippen LogP) is 1.72. The summed E-state index contributed by atoms with van der Waals surface area (Å²) in [6.07, 6.45) is 1.81. The molecule has 3 rings (SSSR count). The Kier molecular flexibility index (Phi) is 3.17. The summed E-state index contributed by atoms with van der Waals surface area (Å²) in [6, 6.07) is 5.70. The molecule has 6 heteroatoms. The first-order valence-corrected chi connectivity index (χ1v) is 6.90. The number of nitrogens with two attached hydrogens (primary N) is 2. The summed E-state index contributed by atoms with van der Waals surface area (Å²) in [6.45, 7) is 4.29. The van der Waals surface area contributed by atoms with Crippen molar-refractivity contribution in [3.8, 4) is 0 Å². The first kappa shape index (κ1) is 13.6. The zero-order valence-corrected chi connectivity index (χ0v) is 12.0. The molecule has 1 aromatic carbocycles. The second-order valence-electron chi connectivity index (χ2n) is 5.49. The summed E-state index contributed by atoms with van der Waals surface area (Å²) < 4.78 is 7.63. The molecule has 2 atom stereocenters. The van der Waals surface area contributed by atoms with Gasteiger partial charge >= 0.3 is 0 Å². The van der Waals surface area contributed by atoms with Crippen LogP contribution in [0.1, 0.15) is 25.5 Å². The third kappa shape index (κ3) is 2.27. The standard InChI is InChI=1S/C15H18N4O2/c1-8(16)7-19-14-10(6-18-19)3-4-12-11(14)5-13(21-12)9(2)15(17)20/h3-6,8-9H,7,16H2,1-2H3,(H2,17,20). The number of nitrogens with zero attached hydrogens (tertiary/aromatic N) is 2. The molecule has 0 bridgehead atoms. The fourth-order valence-corrected chi connectivity index (χ4v) is 2.48. The van der Waals surface area contributed by atoms with Crippen LogP contribution in [0.3, 0.4) is 0 Å². The molecule has 3 aromatic rings. The van der Waals surface area contributed by atoms with Gasteiger partial charge in [0, 0.05) is 16.8 Å². The lowest BCUT2D eigenvalue weighted by molar-refractivity contribution is -0.119. The fraction of sp³-hybridized carbons (Fsp3) is 0.333. The normalized spacial score (nSPS) is 14.6. The fourth-order valence-electron chi connectivity index (χ4n) is 2.48. The summed E-state index contributed by atoms with van der Waals surface area (Å²) in [5.74, 6) is -0.301. The van der Waals surface area contributed by atoms with Crippen LogP contribution in [-0.4, -0.2) is 21.7 Å². The van der Waals surface area contributed by atoms with E-state index >= 15 is 0 Å². The Morgan fingerprint density at radius 2 is 2.19 bits per heavy atom. The molecule has 6 nitrogen and oxygen atoms in total. The van der Waals surface area contributed by atoms with Crippen molar-refractivity contribution in [1.82, 2.24) is 9.78 Å². The topological polar surface area (TPSA) is 100 Å². The maximum Gasteiger partial charge on any atom is 0.227 e. The number of aromatic nitrogens is 2. The van der Waals surface area contributed by atoms with Crippen molar-refractivity contribution in [1.29, 1.82) is 0 Å². The zero-order valence-electron chi connectivity index (χ0n) is 12.0. The van der Waals surface area contributed by atoms with Crippen molar-refractivity contribution in [3.05, 3.63) is 30.2 Å². The van der Waals surface area contributed by atoms with E-state index in [4.69, 9.17) is 15.9 Å². The number of primary amides is 1.